The zero-order valence-electron chi connectivity index (χ0n) is 10.9. The van der Waals surface area contributed by atoms with Crippen molar-refractivity contribution in [1.29, 1.82) is 0 Å². The predicted molar refractivity (Wildman–Crippen MR) is 77.9 cm³/mol. The maximum absolute atomic E-state index is 11.9. The number of carboxylic acid groups (broad SMARTS) is 1. The zero-order valence-corrected chi connectivity index (χ0v) is 12.5. The highest BCUT2D eigenvalue weighted by Gasteiger charge is 2.19. The fraction of sp³-hybridized carbons (Fsp3) is 0.429. The van der Waals surface area contributed by atoms with Crippen molar-refractivity contribution in [3.05, 3.63) is 28.2 Å². The second kappa shape index (κ2) is 6.85. The van der Waals surface area contributed by atoms with E-state index in [1.807, 2.05) is 0 Å². The Morgan fingerprint density at radius 1 is 1.40 bits per heavy atom. The molecule has 2 rings (SSSR count). The Hall–Kier alpha value is -1.40. The molecule has 1 aliphatic rings. The molecule has 1 saturated heterocycles. The van der Waals surface area contributed by atoms with Gasteiger partial charge in [-0.15, -0.1) is 0 Å². The largest absolute Gasteiger partial charge is 0.478 e. The van der Waals surface area contributed by atoms with Crippen molar-refractivity contribution in [2.75, 3.05) is 11.9 Å². The summed E-state index contributed by atoms with van der Waals surface area (Å²) >= 11 is 3.21. The molecule has 1 fully saturated rings. The molecule has 2 N–H and O–H groups in total. The molecule has 5 nitrogen and oxygen atoms in total. The van der Waals surface area contributed by atoms with Gasteiger partial charge in [0.25, 0.3) is 0 Å². The summed E-state index contributed by atoms with van der Waals surface area (Å²) in [6, 6.07) is 4.74. The molecule has 1 aromatic rings. The number of hydrogen-bond donors (Lipinski definition) is 2. The molecule has 6 heteroatoms. The smallest absolute Gasteiger partial charge is 0.337 e. The number of aromatic carboxylic acids is 1. The number of ether oxygens (including phenoxy) is 1. The molecule has 1 aromatic carbocycles. The highest BCUT2D eigenvalue weighted by molar-refractivity contribution is 9.10. The summed E-state index contributed by atoms with van der Waals surface area (Å²) in [6.07, 6.45) is 3.17. The van der Waals surface area contributed by atoms with Crippen LogP contribution in [0, 0.1) is 0 Å². The van der Waals surface area contributed by atoms with Gasteiger partial charge in [-0.3, -0.25) is 4.79 Å². The first-order valence-corrected chi connectivity index (χ1v) is 7.30. The van der Waals surface area contributed by atoms with Gasteiger partial charge in [0.15, 0.2) is 0 Å². The van der Waals surface area contributed by atoms with Gasteiger partial charge in [-0.1, -0.05) is 15.9 Å². The second-order valence-electron chi connectivity index (χ2n) is 4.74. The lowest BCUT2D eigenvalue weighted by Crippen LogP contribution is -2.26. The van der Waals surface area contributed by atoms with Crippen LogP contribution in [-0.2, 0) is 9.53 Å². The highest BCUT2D eigenvalue weighted by Crippen LogP contribution is 2.22. The molecular weight excluding hydrogens is 326 g/mol. The molecule has 0 spiro atoms. The Balaban J connectivity index is 2.01. The number of carbonyl (C=O) groups is 2. The Morgan fingerprint density at radius 3 is 2.85 bits per heavy atom. The molecular formula is C14H16BrNO4. The van der Waals surface area contributed by atoms with Crippen molar-refractivity contribution >= 4 is 33.5 Å². The molecule has 1 amide bonds. The van der Waals surface area contributed by atoms with Crippen molar-refractivity contribution in [3.63, 3.8) is 0 Å². The van der Waals surface area contributed by atoms with Crippen LogP contribution in [0.15, 0.2) is 22.7 Å². The second-order valence-corrected chi connectivity index (χ2v) is 5.65. The van der Waals surface area contributed by atoms with Crippen LogP contribution in [0.2, 0.25) is 0 Å². The summed E-state index contributed by atoms with van der Waals surface area (Å²) < 4.78 is 6.15. The van der Waals surface area contributed by atoms with Gasteiger partial charge >= 0.3 is 5.97 Å². The molecule has 1 unspecified atom stereocenters. The van der Waals surface area contributed by atoms with E-state index in [0.717, 1.165) is 19.3 Å². The number of benzene rings is 1. The van der Waals surface area contributed by atoms with Crippen molar-refractivity contribution in [2.24, 2.45) is 0 Å². The van der Waals surface area contributed by atoms with Crippen LogP contribution in [0.4, 0.5) is 5.69 Å². The van der Waals surface area contributed by atoms with Crippen molar-refractivity contribution in [1.82, 2.24) is 0 Å². The molecule has 0 aromatic heterocycles. The van der Waals surface area contributed by atoms with Crippen molar-refractivity contribution in [2.45, 2.75) is 31.8 Å². The van der Waals surface area contributed by atoms with Crippen LogP contribution < -0.4 is 5.32 Å². The Bertz CT molecular complexity index is 512. The van der Waals surface area contributed by atoms with E-state index in [9.17, 15) is 9.59 Å². The minimum atomic E-state index is -1.07. The number of carbonyl (C=O) groups excluding carboxylic acids is 1. The van der Waals surface area contributed by atoms with Gasteiger partial charge in [0.1, 0.15) is 0 Å². The maximum atomic E-state index is 11.9. The average molecular weight is 342 g/mol. The van der Waals surface area contributed by atoms with E-state index in [2.05, 4.69) is 21.2 Å². The van der Waals surface area contributed by atoms with Crippen molar-refractivity contribution in [3.8, 4) is 0 Å². The Morgan fingerprint density at radius 2 is 2.20 bits per heavy atom. The third-order valence-corrected chi connectivity index (χ3v) is 3.67. The van der Waals surface area contributed by atoms with E-state index in [0.29, 0.717) is 16.8 Å². The third kappa shape index (κ3) is 4.05. The van der Waals surface area contributed by atoms with Crippen molar-refractivity contribution < 1.29 is 19.4 Å². The number of rotatable bonds is 4. The molecule has 20 heavy (non-hydrogen) atoms. The number of amides is 1. The first kappa shape index (κ1) is 15.0. The lowest BCUT2D eigenvalue weighted by atomic mass is 10.1. The lowest BCUT2D eigenvalue weighted by molar-refractivity contribution is -0.119. The number of hydrogen-bond acceptors (Lipinski definition) is 3. The molecule has 0 radical (unpaired) electrons. The van der Waals surface area contributed by atoms with Crippen LogP contribution >= 0.6 is 15.9 Å². The summed E-state index contributed by atoms with van der Waals surface area (Å²) in [4.78, 5) is 23.1. The molecule has 108 valence electrons. The molecule has 1 heterocycles. The van der Waals surface area contributed by atoms with Gasteiger partial charge < -0.3 is 15.2 Å². The van der Waals surface area contributed by atoms with E-state index in [1.54, 1.807) is 12.1 Å². The third-order valence-electron chi connectivity index (χ3n) is 3.17. The van der Waals surface area contributed by atoms with Gasteiger partial charge in [-0.05, 0) is 37.5 Å². The Labute approximate surface area is 125 Å². The molecule has 0 bridgehead atoms. The van der Waals surface area contributed by atoms with Crippen LogP contribution in [0.25, 0.3) is 0 Å². The molecule has 1 aliphatic heterocycles. The van der Waals surface area contributed by atoms with E-state index in [-0.39, 0.29) is 24.0 Å². The minimum absolute atomic E-state index is 0.0625. The van der Waals surface area contributed by atoms with E-state index >= 15 is 0 Å². The number of anilines is 1. The van der Waals surface area contributed by atoms with Crippen LogP contribution in [0.1, 0.15) is 36.0 Å². The molecule has 0 aliphatic carbocycles. The average Bonchev–Trinajstić information content (AvgIpc) is 2.41. The number of carboxylic acids is 1. The quantitative estimate of drug-likeness (QED) is 0.882. The summed E-state index contributed by atoms with van der Waals surface area (Å²) in [5.74, 6) is -1.29. The first-order chi connectivity index (χ1) is 9.56. The minimum Gasteiger partial charge on any atom is -0.478 e. The first-order valence-electron chi connectivity index (χ1n) is 6.50. The highest BCUT2D eigenvalue weighted by atomic mass is 79.9. The van der Waals surface area contributed by atoms with Crippen LogP contribution in [0.5, 0.6) is 0 Å². The SMILES string of the molecule is O=C(CC1CCCCO1)Nc1ccc(Br)cc1C(=O)O. The van der Waals surface area contributed by atoms with E-state index < -0.39 is 5.97 Å². The fourth-order valence-corrected chi connectivity index (χ4v) is 2.54. The lowest BCUT2D eigenvalue weighted by Gasteiger charge is -2.22. The van der Waals surface area contributed by atoms with Gasteiger partial charge in [0, 0.05) is 11.1 Å². The van der Waals surface area contributed by atoms with Crippen LogP contribution in [0.3, 0.4) is 0 Å². The van der Waals surface area contributed by atoms with Gasteiger partial charge in [0.2, 0.25) is 5.91 Å². The standard InChI is InChI=1S/C14H16BrNO4/c15-9-4-5-12(11(7-9)14(18)19)16-13(17)8-10-3-1-2-6-20-10/h4-5,7,10H,1-3,6,8H2,(H,16,17)(H,18,19). The van der Waals surface area contributed by atoms with E-state index in [1.165, 1.54) is 6.07 Å². The number of halogens is 1. The summed E-state index contributed by atoms with van der Waals surface area (Å²) in [5.41, 5.74) is 0.374. The zero-order chi connectivity index (χ0) is 14.5. The van der Waals surface area contributed by atoms with Gasteiger partial charge in [0.05, 0.1) is 23.8 Å². The predicted octanol–water partition coefficient (Wildman–Crippen LogP) is 3.05. The topological polar surface area (TPSA) is 75.6 Å². The molecule has 0 saturated carbocycles. The summed E-state index contributed by atoms with van der Waals surface area (Å²) in [7, 11) is 0. The monoisotopic (exact) mass is 341 g/mol. The fourth-order valence-electron chi connectivity index (χ4n) is 2.18. The summed E-state index contributed by atoms with van der Waals surface area (Å²) in [6.45, 7) is 0.691. The summed E-state index contributed by atoms with van der Waals surface area (Å²) in [5, 5.41) is 11.8. The Kier molecular flexibility index (Phi) is 5.14. The molecule has 1 atom stereocenters. The van der Waals surface area contributed by atoms with E-state index in [4.69, 9.17) is 9.84 Å². The normalized spacial score (nSPS) is 18.6. The van der Waals surface area contributed by atoms with Gasteiger partial charge in [-0.25, -0.2) is 4.79 Å². The maximum Gasteiger partial charge on any atom is 0.337 e. The van der Waals surface area contributed by atoms with Gasteiger partial charge in [-0.2, -0.15) is 0 Å². The van der Waals surface area contributed by atoms with Crippen LogP contribution in [-0.4, -0.2) is 29.7 Å². The number of nitrogens with one attached hydrogen (secondary N) is 1.